The molecule has 1 heterocycles. The summed E-state index contributed by atoms with van der Waals surface area (Å²) in [5.74, 6) is 0. The monoisotopic (exact) mass is 244 g/mol. The van der Waals surface area contributed by atoms with Crippen LogP contribution in [0.15, 0.2) is 12.1 Å². The zero-order chi connectivity index (χ0) is 12.8. The fourth-order valence-corrected chi connectivity index (χ4v) is 2.69. The van der Waals surface area contributed by atoms with Crippen molar-refractivity contribution in [1.29, 1.82) is 0 Å². The van der Waals surface area contributed by atoms with Gasteiger partial charge < -0.3 is 4.74 Å². The number of aryl methyl sites for hydroxylation is 3. The second-order valence-corrected chi connectivity index (χ2v) is 4.85. The second-order valence-electron chi connectivity index (χ2n) is 4.85. The molecule has 0 bridgehead atoms. The maximum Gasteiger partial charge on any atom is 0.402 e. The van der Waals surface area contributed by atoms with Crippen LogP contribution in [0.5, 0.6) is 0 Å². The Morgan fingerprint density at radius 3 is 1.82 bits per heavy atom. The Hall–Kier alpha value is -1.03. The molecule has 0 unspecified atom stereocenters. The van der Waals surface area contributed by atoms with Gasteiger partial charge in [0.2, 0.25) is 0 Å². The number of alkyl halides is 3. The summed E-state index contributed by atoms with van der Waals surface area (Å²) < 4.78 is 44.5. The molecule has 1 aromatic rings. The Balaban J connectivity index is 2.60. The molecule has 0 atom stereocenters. The average Bonchev–Trinajstić information content (AvgIpc) is 2.04. The van der Waals surface area contributed by atoms with Crippen LogP contribution in [0.1, 0.15) is 22.3 Å². The van der Waals surface area contributed by atoms with Gasteiger partial charge in [0.25, 0.3) is 0 Å². The number of benzene rings is 1. The third kappa shape index (κ3) is 1.75. The quantitative estimate of drug-likeness (QED) is 0.735. The minimum atomic E-state index is -4.25. The van der Waals surface area contributed by atoms with Crippen molar-refractivity contribution in [2.75, 3.05) is 13.2 Å². The summed E-state index contributed by atoms with van der Waals surface area (Å²) in [6.07, 6.45) is -4.25. The lowest BCUT2D eigenvalue weighted by Crippen LogP contribution is -2.58. The third-order valence-electron chi connectivity index (χ3n) is 3.40. The largest absolute Gasteiger partial charge is 0.402 e. The van der Waals surface area contributed by atoms with Crippen LogP contribution in [0.25, 0.3) is 0 Å². The van der Waals surface area contributed by atoms with Crippen LogP contribution in [0, 0.1) is 20.8 Å². The van der Waals surface area contributed by atoms with Gasteiger partial charge in [-0.15, -0.1) is 0 Å². The summed E-state index contributed by atoms with van der Waals surface area (Å²) in [7, 11) is 0. The summed E-state index contributed by atoms with van der Waals surface area (Å²) >= 11 is 0. The molecule has 0 N–H and O–H groups in total. The van der Waals surface area contributed by atoms with Gasteiger partial charge in [-0.2, -0.15) is 13.2 Å². The molecule has 1 fully saturated rings. The molecule has 17 heavy (non-hydrogen) atoms. The highest BCUT2D eigenvalue weighted by atomic mass is 19.4. The van der Waals surface area contributed by atoms with Gasteiger partial charge in [0.1, 0.15) is 5.41 Å². The topological polar surface area (TPSA) is 9.23 Å². The predicted molar refractivity (Wildman–Crippen MR) is 59.2 cm³/mol. The van der Waals surface area contributed by atoms with Crippen LogP contribution >= 0.6 is 0 Å². The zero-order valence-corrected chi connectivity index (χ0v) is 10.1. The molecule has 1 aromatic carbocycles. The Labute approximate surface area is 98.6 Å². The van der Waals surface area contributed by atoms with Crippen LogP contribution in [-0.4, -0.2) is 19.4 Å². The molecule has 0 aromatic heterocycles. The van der Waals surface area contributed by atoms with E-state index in [0.717, 1.165) is 5.56 Å². The molecule has 0 spiro atoms. The molecule has 0 radical (unpaired) electrons. The van der Waals surface area contributed by atoms with E-state index in [2.05, 4.69) is 0 Å². The van der Waals surface area contributed by atoms with Crippen LogP contribution in [-0.2, 0) is 10.2 Å². The van der Waals surface area contributed by atoms with Gasteiger partial charge in [-0.25, -0.2) is 0 Å². The van der Waals surface area contributed by atoms with Crippen molar-refractivity contribution in [3.05, 3.63) is 34.4 Å². The van der Waals surface area contributed by atoms with Gasteiger partial charge in [0.15, 0.2) is 0 Å². The SMILES string of the molecule is Cc1cc(C)c(C2(C(F)(F)F)COC2)c(C)c1. The van der Waals surface area contributed by atoms with Crippen molar-refractivity contribution in [3.63, 3.8) is 0 Å². The number of halogens is 3. The van der Waals surface area contributed by atoms with Crippen LogP contribution in [0.3, 0.4) is 0 Å². The first-order chi connectivity index (χ1) is 7.78. The number of hydrogen-bond acceptors (Lipinski definition) is 1. The molecule has 2 rings (SSSR count). The normalized spacial score (nSPS) is 18.9. The van der Waals surface area contributed by atoms with Gasteiger partial charge in [0, 0.05) is 0 Å². The van der Waals surface area contributed by atoms with E-state index >= 15 is 0 Å². The number of hydrogen-bond donors (Lipinski definition) is 0. The molecule has 4 heteroatoms. The van der Waals surface area contributed by atoms with Crippen molar-refractivity contribution < 1.29 is 17.9 Å². The van der Waals surface area contributed by atoms with E-state index in [1.54, 1.807) is 26.0 Å². The van der Waals surface area contributed by atoms with Crippen LogP contribution < -0.4 is 0 Å². The first kappa shape index (κ1) is 12.4. The highest BCUT2D eigenvalue weighted by molar-refractivity contribution is 5.45. The van der Waals surface area contributed by atoms with E-state index in [4.69, 9.17) is 4.74 Å². The highest BCUT2D eigenvalue weighted by Gasteiger charge is 2.61. The molecule has 1 saturated heterocycles. The van der Waals surface area contributed by atoms with Gasteiger partial charge in [0.05, 0.1) is 13.2 Å². The van der Waals surface area contributed by atoms with Crippen molar-refractivity contribution in [2.24, 2.45) is 0 Å². The minimum absolute atomic E-state index is 0.263. The Bertz CT molecular complexity index is 421. The average molecular weight is 244 g/mol. The van der Waals surface area contributed by atoms with Crippen LogP contribution in [0.4, 0.5) is 13.2 Å². The predicted octanol–water partition coefficient (Wildman–Crippen LogP) is 3.44. The standard InChI is InChI=1S/C13H15F3O/c1-8-4-9(2)11(10(3)5-8)12(6-17-7-12)13(14,15)16/h4-5H,6-7H2,1-3H3. The van der Waals surface area contributed by atoms with Gasteiger partial charge in [-0.1, -0.05) is 17.7 Å². The lowest BCUT2D eigenvalue weighted by atomic mass is 9.73. The lowest BCUT2D eigenvalue weighted by Gasteiger charge is -2.44. The highest BCUT2D eigenvalue weighted by Crippen LogP contribution is 2.48. The molecule has 1 aliphatic rings. The molecule has 1 aliphatic heterocycles. The maximum atomic E-state index is 13.2. The number of rotatable bonds is 1. The maximum absolute atomic E-state index is 13.2. The fourth-order valence-electron chi connectivity index (χ4n) is 2.69. The summed E-state index contributed by atoms with van der Waals surface area (Å²) in [6, 6.07) is 3.60. The number of ether oxygens (including phenoxy) is 1. The van der Waals surface area contributed by atoms with E-state index in [1.165, 1.54) is 0 Å². The first-order valence-electron chi connectivity index (χ1n) is 5.51. The molecule has 0 saturated carbocycles. The van der Waals surface area contributed by atoms with E-state index in [-0.39, 0.29) is 13.2 Å². The molecular formula is C13H15F3O. The van der Waals surface area contributed by atoms with Gasteiger partial charge >= 0.3 is 6.18 Å². The summed E-state index contributed by atoms with van der Waals surface area (Å²) in [5, 5.41) is 0. The summed E-state index contributed by atoms with van der Waals surface area (Å²) in [6.45, 7) is 4.84. The van der Waals surface area contributed by atoms with Crippen molar-refractivity contribution >= 4 is 0 Å². The lowest BCUT2D eigenvalue weighted by molar-refractivity contribution is -0.262. The molecule has 0 amide bonds. The summed E-state index contributed by atoms with van der Waals surface area (Å²) in [5.41, 5.74) is 0.976. The summed E-state index contributed by atoms with van der Waals surface area (Å²) in [4.78, 5) is 0. The van der Waals surface area contributed by atoms with Crippen molar-refractivity contribution in [3.8, 4) is 0 Å². The Morgan fingerprint density at radius 2 is 1.53 bits per heavy atom. The van der Waals surface area contributed by atoms with Crippen molar-refractivity contribution in [2.45, 2.75) is 32.4 Å². The smallest absolute Gasteiger partial charge is 0.379 e. The van der Waals surface area contributed by atoms with E-state index in [0.29, 0.717) is 16.7 Å². The molecule has 0 aliphatic carbocycles. The molecule has 94 valence electrons. The zero-order valence-electron chi connectivity index (χ0n) is 10.1. The van der Waals surface area contributed by atoms with Crippen LogP contribution in [0.2, 0.25) is 0 Å². The van der Waals surface area contributed by atoms with Gasteiger partial charge in [-0.05, 0) is 37.5 Å². The molecule has 1 nitrogen and oxygen atoms in total. The van der Waals surface area contributed by atoms with Crippen molar-refractivity contribution in [1.82, 2.24) is 0 Å². The Kier molecular flexibility index (Phi) is 2.73. The van der Waals surface area contributed by atoms with E-state index in [9.17, 15) is 13.2 Å². The van der Waals surface area contributed by atoms with E-state index < -0.39 is 11.6 Å². The fraction of sp³-hybridized carbons (Fsp3) is 0.538. The van der Waals surface area contributed by atoms with E-state index in [1.807, 2.05) is 6.92 Å². The first-order valence-corrected chi connectivity index (χ1v) is 5.51. The second kappa shape index (κ2) is 3.73. The third-order valence-corrected chi connectivity index (χ3v) is 3.40. The molecular weight excluding hydrogens is 229 g/mol. The van der Waals surface area contributed by atoms with Gasteiger partial charge in [-0.3, -0.25) is 0 Å². The Morgan fingerprint density at radius 1 is 1.06 bits per heavy atom. The minimum Gasteiger partial charge on any atom is -0.379 e.